The van der Waals surface area contributed by atoms with Crippen LogP contribution in [0.15, 0.2) is 48.5 Å². The van der Waals surface area contributed by atoms with Gasteiger partial charge in [-0.2, -0.15) is 0 Å². The number of rotatable bonds is 2. The highest BCUT2D eigenvalue weighted by molar-refractivity contribution is 6.30. The summed E-state index contributed by atoms with van der Waals surface area (Å²) >= 11 is 5.89. The van der Waals surface area contributed by atoms with Crippen LogP contribution in [0.1, 0.15) is 33.8 Å². The third-order valence-corrected chi connectivity index (χ3v) is 5.01. The van der Waals surface area contributed by atoms with Gasteiger partial charge in [-0.25, -0.2) is 0 Å². The summed E-state index contributed by atoms with van der Waals surface area (Å²) in [5.41, 5.74) is 3.63. The molecule has 3 atom stereocenters. The van der Waals surface area contributed by atoms with Gasteiger partial charge in [0.15, 0.2) is 5.78 Å². The molecule has 2 aromatic carbocycles. The molecule has 2 aliphatic carbocycles. The molecule has 0 bridgehead atoms. The van der Waals surface area contributed by atoms with Crippen LogP contribution in [0.2, 0.25) is 5.02 Å². The lowest BCUT2D eigenvalue weighted by Crippen LogP contribution is -2.03. The van der Waals surface area contributed by atoms with E-state index in [1.807, 2.05) is 12.1 Å². The molecule has 0 aromatic heterocycles. The lowest BCUT2D eigenvalue weighted by atomic mass is 9.92. The van der Waals surface area contributed by atoms with E-state index in [1.54, 1.807) is 12.1 Å². The predicted molar refractivity (Wildman–Crippen MR) is 80.3 cm³/mol. The average molecular weight is 283 g/mol. The first kappa shape index (κ1) is 12.2. The second-order valence-corrected chi connectivity index (χ2v) is 6.26. The number of aryl methyl sites for hydroxylation is 1. The first-order chi connectivity index (χ1) is 9.75. The van der Waals surface area contributed by atoms with Crippen molar-refractivity contribution in [1.29, 1.82) is 0 Å². The van der Waals surface area contributed by atoms with E-state index in [4.69, 9.17) is 11.6 Å². The number of carbonyl (C=O) groups excluding carboxylic acids is 1. The van der Waals surface area contributed by atoms with Crippen molar-refractivity contribution < 1.29 is 4.79 Å². The van der Waals surface area contributed by atoms with Crippen molar-refractivity contribution in [3.05, 3.63) is 70.2 Å². The highest BCUT2D eigenvalue weighted by Gasteiger charge is 2.56. The van der Waals surface area contributed by atoms with Gasteiger partial charge in [-0.1, -0.05) is 35.9 Å². The molecular weight excluding hydrogens is 268 g/mol. The van der Waals surface area contributed by atoms with E-state index in [0.717, 1.165) is 18.4 Å². The summed E-state index contributed by atoms with van der Waals surface area (Å²) in [5.74, 6) is 1.46. The summed E-state index contributed by atoms with van der Waals surface area (Å²) in [6.07, 6.45) is 2.26. The van der Waals surface area contributed by atoms with Gasteiger partial charge >= 0.3 is 0 Å². The molecule has 20 heavy (non-hydrogen) atoms. The Labute approximate surface area is 123 Å². The third-order valence-electron chi connectivity index (χ3n) is 4.76. The minimum absolute atomic E-state index is 0.180. The zero-order chi connectivity index (χ0) is 13.7. The summed E-state index contributed by atoms with van der Waals surface area (Å²) in [7, 11) is 0. The largest absolute Gasteiger partial charge is 0.294 e. The normalized spacial score (nSPS) is 26.6. The van der Waals surface area contributed by atoms with Crippen molar-refractivity contribution in [2.75, 3.05) is 0 Å². The van der Waals surface area contributed by atoms with Gasteiger partial charge in [0.25, 0.3) is 0 Å². The fraction of sp³-hybridized carbons (Fsp3) is 0.278. The highest BCUT2D eigenvalue weighted by atomic mass is 35.5. The molecule has 2 aromatic rings. The fourth-order valence-electron chi connectivity index (χ4n) is 3.73. The van der Waals surface area contributed by atoms with Crippen LogP contribution in [-0.2, 0) is 6.42 Å². The van der Waals surface area contributed by atoms with E-state index in [2.05, 4.69) is 24.3 Å². The van der Waals surface area contributed by atoms with Gasteiger partial charge in [-0.05, 0) is 60.1 Å². The van der Waals surface area contributed by atoms with Crippen LogP contribution in [0.25, 0.3) is 0 Å². The Morgan fingerprint density at radius 3 is 2.60 bits per heavy atom. The Bertz CT molecular complexity index is 674. The molecule has 0 radical (unpaired) electrons. The topological polar surface area (TPSA) is 17.1 Å². The molecule has 2 aliphatic rings. The minimum Gasteiger partial charge on any atom is -0.294 e. The van der Waals surface area contributed by atoms with Gasteiger partial charge < -0.3 is 0 Å². The summed E-state index contributed by atoms with van der Waals surface area (Å²) in [4.78, 5) is 12.7. The van der Waals surface area contributed by atoms with Crippen molar-refractivity contribution in [1.82, 2.24) is 0 Å². The molecule has 2 heteroatoms. The van der Waals surface area contributed by atoms with E-state index in [-0.39, 0.29) is 11.7 Å². The molecule has 1 saturated carbocycles. The summed E-state index contributed by atoms with van der Waals surface area (Å²) in [6, 6.07) is 15.9. The first-order valence-corrected chi connectivity index (χ1v) is 7.51. The van der Waals surface area contributed by atoms with E-state index in [9.17, 15) is 4.79 Å². The first-order valence-electron chi connectivity index (χ1n) is 7.13. The zero-order valence-corrected chi connectivity index (χ0v) is 11.8. The molecule has 100 valence electrons. The number of ketones is 1. The quantitative estimate of drug-likeness (QED) is 0.741. The van der Waals surface area contributed by atoms with E-state index in [1.165, 1.54) is 11.1 Å². The van der Waals surface area contributed by atoms with Gasteiger partial charge in [0.2, 0.25) is 0 Å². The Morgan fingerprint density at radius 2 is 1.80 bits per heavy atom. The molecule has 4 rings (SSSR count). The van der Waals surface area contributed by atoms with Crippen LogP contribution in [-0.4, -0.2) is 5.78 Å². The smallest absolute Gasteiger partial charge is 0.166 e. The van der Waals surface area contributed by atoms with E-state index < -0.39 is 0 Å². The standard InChI is InChI=1S/C18H15ClO/c19-13-8-5-12(6-9-13)18(20)17-15-10-7-11-3-1-2-4-14(11)16(15)17/h1-6,8-9,15-17H,7,10H2. The molecule has 1 fully saturated rings. The number of Topliss-reactive ketones (excluding diaryl/α,β-unsaturated/α-hetero) is 1. The molecule has 0 heterocycles. The predicted octanol–water partition coefficient (Wildman–Crippen LogP) is 4.50. The number of fused-ring (bicyclic) bond motifs is 3. The Kier molecular flexibility index (Phi) is 2.71. The van der Waals surface area contributed by atoms with Gasteiger partial charge in [0.05, 0.1) is 0 Å². The van der Waals surface area contributed by atoms with Crippen molar-refractivity contribution in [3.8, 4) is 0 Å². The Balaban J connectivity index is 1.64. The zero-order valence-electron chi connectivity index (χ0n) is 11.1. The molecule has 0 N–H and O–H groups in total. The lowest BCUT2D eigenvalue weighted by molar-refractivity contribution is 0.0959. The molecule has 0 amide bonds. The van der Waals surface area contributed by atoms with Crippen molar-refractivity contribution in [3.63, 3.8) is 0 Å². The second-order valence-electron chi connectivity index (χ2n) is 5.82. The maximum Gasteiger partial charge on any atom is 0.166 e. The summed E-state index contributed by atoms with van der Waals surface area (Å²) in [5, 5.41) is 0.681. The summed E-state index contributed by atoms with van der Waals surface area (Å²) in [6.45, 7) is 0. The van der Waals surface area contributed by atoms with Crippen LogP contribution in [0, 0.1) is 11.8 Å². The number of benzene rings is 2. The van der Waals surface area contributed by atoms with E-state index in [0.29, 0.717) is 16.9 Å². The van der Waals surface area contributed by atoms with Crippen LogP contribution in [0.4, 0.5) is 0 Å². The fourth-order valence-corrected chi connectivity index (χ4v) is 3.86. The Morgan fingerprint density at radius 1 is 1.05 bits per heavy atom. The van der Waals surface area contributed by atoms with Crippen LogP contribution < -0.4 is 0 Å². The van der Waals surface area contributed by atoms with Gasteiger partial charge in [-0.15, -0.1) is 0 Å². The number of hydrogen-bond donors (Lipinski definition) is 0. The molecule has 3 unspecified atom stereocenters. The molecular formula is C18H15ClO. The lowest BCUT2D eigenvalue weighted by Gasteiger charge is -2.13. The number of carbonyl (C=O) groups is 1. The average Bonchev–Trinajstić information content (AvgIpc) is 3.22. The van der Waals surface area contributed by atoms with Crippen LogP contribution in [0.3, 0.4) is 0 Å². The SMILES string of the molecule is O=C(c1ccc(Cl)cc1)C1C2CCc3ccccc3C21. The summed E-state index contributed by atoms with van der Waals surface area (Å²) < 4.78 is 0. The van der Waals surface area contributed by atoms with Crippen molar-refractivity contribution in [2.24, 2.45) is 11.8 Å². The number of hydrogen-bond acceptors (Lipinski definition) is 1. The highest BCUT2D eigenvalue weighted by Crippen LogP contribution is 2.60. The van der Waals surface area contributed by atoms with Crippen LogP contribution in [0.5, 0.6) is 0 Å². The second kappa shape index (κ2) is 4.46. The minimum atomic E-state index is 0.180. The maximum atomic E-state index is 12.7. The monoisotopic (exact) mass is 282 g/mol. The van der Waals surface area contributed by atoms with Crippen molar-refractivity contribution in [2.45, 2.75) is 18.8 Å². The Hall–Kier alpha value is -1.60. The third kappa shape index (κ3) is 1.81. The van der Waals surface area contributed by atoms with E-state index >= 15 is 0 Å². The van der Waals surface area contributed by atoms with Gasteiger partial charge in [0, 0.05) is 16.5 Å². The molecule has 0 aliphatic heterocycles. The van der Waals surface area contributed by atoms with Gasteiger partial charge in [0.1, 0.15) is 0 Å². The molecule has 0 saturated heterocycles. The molecule has 1 nitrogen and oxygen atoms in total. The number of halogens is 1. The van der Waals surface area contributed by atoms with Gasteiger partial charge in [-0.3, -0.25) is 4.79 Å². The molecule has 0 spiro atoms. The maximum absolute atomic E-state index is 12.7. The van der Waals surface area contributed by atoms with Crippen LogP contribution >= 0.6 is 11.6 Å². The van der Waals surface area contributed by atoms with Crippen molar-refractivity contribution >= 4 is 17.4 Å².